The van der Waals surface area contributed by atoms with Crippen molar-refractivity contribution in [1.82, 2.24) is 5.06 Å². The topological polar surface area (TPSA) is 113 Å². The van der Waals surface area contributed by atoms with Crippen LogP contribution in [0.3, 0.4) is 0 Å². The van der Waals surface area contributed by atoms with Crippen molar-refractivity contribution in [3.05, 3.63) is 94.3 Å². The maximum Gasteiger partial charge on any atom is 0.336 e. The van der Waals surface area contributed by atoms with Gasteiger partial charge in [0.15, 0.2) is 0 Å². The Labute approximate surface area is 220 Å². The summed E-state index contributed by atoms with van der Waals surface area (Å²) in [5.41, 5.74) is 3.51. The molecule has 8 nitrogen and oxygen atoms in total. The summed E-state index contributed by atoms with van der Waals surface area (Å²) >= 11 is 0. The Hall–Kier alpha value is -4.61. The molecule has 1 aromatic heterocycles. The minimum atomic E-state index is -0.511. The predicted octanol–water partition coefficient (Wildman–Crippen LogP) is 5.48. The molecular weight excluding hydrogens is 484 g/mol. The van der Waals surface area contributed by atoms with E-state index in [0.717, 1.165) is 22.1 Å². The highest BCUT2D eigenvalue weighted by Gasteiger charge is 2.16. The third-order valence-corrected chi connectivity index (χ3v) is 6.25. The molecule has 194 valence electrons. The number of aryl methyl sites for hydroxylation is 1. The number of carbonyl (C=O) groups excluding carboxylic acids is 1. The van der Waals surface area contributed by atoms with E-state index < -0.39 is 11.7 Å². The highest BCUT2D eigenvalue weighted by Crippen LogP contribution is 2.24. The second-order valence-corrected chi connectivity index (χ2v) is 8.91. The number of nitriles is 1. The lowest BCUT2D eigenvalue weighted by Gasteiger charge is -2.22. The molecule has 4 rings (SSSR count). The van der Waals surface area contributed by atoms with Crippen LogP contribution < -0.4 is 15.1 Å². The van der Waals surface area contributed by atoms with E-state index in [0.29, 0.717) is 60.0 Å². The van der Waals surface area contributed by atoms with Crippen LogP contribution >= 0.6 is 0 Å². The summed E-state index contributed by atoms with van der Waals surface area (Å²) in [5, 5.41) is 20.5. The summed E-state index contributed by atoms with van der Waals surface area (Å²) in [6.45, 7) is 2.42. The Morgan fingerprint density at radius 2 is 1.66 bits per heavy atom. The lowest BCUT2D eigenvalue weighted by atomic mass is 10.0. The zero-order chi connectivity index (χ0) is 26.9. The van der Waals surface area contributed by atoms with Crippen LogP contribution in [0.25, 0.3) is 22.1 Å². The average Bonchev–Trinajstić information content (AvgIpc) is 2.94. The Morgan fingerprint density at radius 1 is 0.974 bits per heavy atom. The maximum absolute atomic E-state index is 11.6. The van der Waals surface area contributed by atoms with Gasteiger partial charge >= 0.3 is 5.63 Å². The molecule has 0 radical (unpaired) electrons. The third kappa shape index (κ3) is 6.78. The molecule has 0 saturated carbocycles. The number of fused-ring (bicyclic) bond motifs is 1. The highest BCUT2D eigenvalue weighted by molar-refractivity contribution is 5.81. The van der Waals surface area contributed by atoms with Gasteiger partial charge in [-0.2, -0.15) is 5.26 Å². The molecule has 0 fully saturated rings. The van der Waals surface area contributed by atoms with E-state index in [2.05, 4.69) is 6.07 Å². The summed E-state index contributed by atoms with van der Waals surface area (Å²) in [6.07, 6.45) is 2.29. The van der Waals surface area contributed by atoms with Gasteiger partial charge in [-0.05, 0) is 79.3 Å². The molecule has 0 bridgehead atoms. The molecule has 1 amide bonds. The second kappa shape index (κ2) is 12.6. The lowest BCUT2D eigenvalue weighted by molar-refractivity contribution is -0.163. The van der Waals surface area contributed by atoms with Crippen LogP contribution in [0.15, 0.2) is 82.0 Å². The van der Waals surface area contributed by atoms with Crippen LogP contribution in [0.5, 0.6) is 11.5 Å². The summed E-state index contributed by atoms with van der Waals surface area (Å²) in [6, 6.07) is 23.3. The van der Waals surface area contributed by atoms with E-state index in [1.165, 1.54) is 6.07 Å². The standard InChI is InChI=1S/C30H28N2O6/c1-21-16-30(34)38-29-17-27(13-14-28(21)29)36-15-3-2-4-25(32(35)20-33)19-37-26-11-9-24(10-12-26)23-7-5-22(18-31)6-8-23/h5-14,16-17,20,25,35H,2-4,15,19H2,1H3. The molecule has 0 aliphatic heterocycles. The first-order valence-electron chi connectivity index (χ1n) is 12.3. The number of hydroxylamine groups is 2. The smallest absolute Gasteiger partial charge is 0.336 e. The number of nitrogens with zero attached hydrogens (tertiary/aromatic N) is 2. The summed E-state index contributed by atoms with van der Waals surface area (Å²) < 4.78 is 16.9. The molecule has 0 aliphatic carbocycles. The fourth-order valence-corrected chi connectivity index (χ4v) is 4.12. The van der Waals surface area contributed by atoms with Crippen LogP contribution in [0.1, 0.15) is 30.4 Å². The molecule has 0 aliphatic rings. The predicted molar refractivity (Wildman–Crippen MR) is 142 cm³/mol. The van der Waals surface area contributed by atoms with Gasteiger partial charge in [-0.3, -0.25) is 10.0 Å². The van der Waals surface area contributed by atoms with E-state index in [4.69, 9.17) is 19.2 Å². The molecule has 8 heteroatoms. The Bertz CT molecular complexity index is 1470. The van der Waals surface area contributed by atoms with Gasteiger partial charge in [-0.25, -0.2) is 9.86 Å². The zero-order valence-corrected chi connectivity index (χ0v) is 21.0. The number of benzene rings is 3. The Kier molecular flexibility index (Phi) is 8.75. The summed E-state index contributed by atoms with van der Waals surface area (Å²) in [4.78, 5) is 22.8. The van der Waals surface area contributed by atoms with Crippen molar-refractivity contribution in [1.29, 1.82) is 5.26 Å². The molecule has 3 aromatic carbocycles. The molecule has 0 saturated heterocycles. The summed E-state index contributed by atoms with van der Waals surface area (Å²) in [7, 11) is 0. The van der Waals surface area contributed by atoms with Gasteiger partial charge in [0.05, 0.1) is 24.3 Å². The zero-order valence-electron chi connectivity index (χ0n) is 21.0. The first-order valence-corrected chi connectivity index (χ1v) is 12.3. The van der Waals surface area contributed by atoms with Gasteiger partial charge in [0.2, 0.25) is 6.41 Å². The molecule has 1 N–H and O–H groups in total. The maximum atomic E-state index is 11.6. The molecule has 1 heterocycles. The van der Waals surface area contributed by atoms with Crippen molar-refractivity contribution in [3.8, 4) is 28.7 Å². The monoisotopic (exact) mass is 512 g/mol. The van der Waals surface area contributed by atoms with Crippen molar-refractivity contribution in [2.45, 2.75) is 32.2 Å². The van der Waals surface area contributed by atoms with Crippen LogP contribution in [0.2, 0.25) is 0 Å². The van der Waals surface area contributed by atoms with E-state index in [1.54, 1.807) is 18.2 Å². The van der Waals surface area contributed by atoms with Gasteiger partial charge < -0.3 is 13.9 Å². The SMILES string of the molecule is Cc1cc(=O)oc2cc(OCCCCC(COc3ccc(-c4ccc(C#N)cc4)cc3)N(O)C=O)ccc12. The number of rotatable bonds is 12. The summed E-state index contributed by atoms with van der Waals surface area (Å²) in [5.74, 6) is 1.22. The fraction of sp³-hybridized carbons (Fsp3) is 0.233. The van der Waals surface area contributed by atoms with Crippen molar-refractivity contribution in [3.63, 3.8) is 0 Å². The van der Waals surface area contributed by atoms with Gasteiger partial charge in [-0.15, -0.1) is 0 Å². The first kappa shape index (κ1) is 26.5. The second-order valence-electron chi connectivity index (χ2n) is 8.91. The molecule has 38 heavy (non-hydrogen) atoms. The van der Waals surface area contributed by atoms with Gasteiger partial charge in [0, 0.05) is 17.5 Å². The minimum absolute atomic E-state index is 0.134. The van der Waals surface area contributed by atoms with E-state index in [9.17, 15) is 14.8 Å². The normalized spacial score (nSPS) is 11.5. The number of unbranched alkanes of at least 4 members (excludes halogenated alkanes) is 1. The van der Waals surface area contributed by atoms with E-state index in [1.807, 2.05) is 55.5 Å². The number of carbonyl (C=O) groups is 1. The van der Waals surface area contributed by atoms with E-state index in [-0.39, 0.29) is 6.61 Å². The van der Waals surface area contributed by atoms with Gasteiger partial charge in [-0.1, -0.05) is 24.3 Å². The van der Waals surface area contributed by atoms with Gasteiger partial charge in [0.25, 0.3) is 0 Å². The van der Waals surface area contributed by atoms with Crippen molar-refractivity contribution >= 4 is 17.4 Å². The van der Waals surface area contributed by atoms with Crippen molar-refractivity contribution in [2.24, 2.45) is 0 Å². The largest absolute Gasteiger partial charge is 0.493 e. The molecule has 4 aromatic rings. The first-order chi connectivity index (χ1) is 18.5. The van der Waals surface area contributed by atoms with E-state index >= 15 is 0 Å². The van der Waals surface area contributed by atoms with Crippen LogP contribution in [-0.2, 0) is 4.79 Å². The molecule has 1 unspecified atom stereocenters. The number of amides is 1. The fourth-order valence-electron chi connectivity index (χ4n) is 4.12. The molecule has 1 atom stereocenters. The average molecular weight is 513 g/mol. The van der Waals surface area contributed by atoms with Crippen molar-refractivity contribution < 1.29 is 23.9 Å². The number of ether oxygens (including phenoxy) is 2. The molecule has 0 spiro atoms. The molecular formula is C30H28N2O6. The minimum Gasteiger partial charge on any atom is -0.493 e. The lowest BCUT2D eigenvalue weighted by Crippen LogP contribution is -2.36. The van der Waals surface area contributed by atoms with Crippen molar-refractivity contribution in [2.75, 3.05) is 13.2 Å². The third-order valence-electron chi connectivity index (χ3n) is 6.25. The Balaban J connectivity index is 1.25. The highest BCUT2D eigenvalue weighted by atomic mass is 16.5. The van der Waals surface area contributed by atoms with Crippen LogP contribution in [0.4, 0.5) is 0 Å². The number of hydrogen-bond acceptors (Lipinski definition) is 7. The Morgan fingerprint density at radius 3 is 2.34 bits per heavy atom. The van der Waals surface area contributed by atoms with Gasteiger partial charge in [0.1, 0.15) is 23.7 Å². The number of hydrogen-bond donors (Lipinski definition) is 1. The quantitative estimate of drug-likeness (QED) is 0.0879. The van der Waals surface area contributed by atoms with Crippen LogP contribution in [-0.4, -0.2) is 35.9 Å². The van der Waals surface area contributed by atoms with Crippen LogP contribution in [0, 0.1) is 18.3 Å².